The van der Waals surface area contributed by atoms with Gasteiger partial charge >= 0.3 is 5.97 Å². The van der Waals surface area contributed by atoms with Crippen LogP contribution in [0.2, 0.25) is 0 Å². The van der Waals surface area contributed by atoms with E-state index in [2.05, 4.69) is 10.8 Å². The Kier molecular flexibility index (Phi) is 4.62. The van der Waals surface area contributed by atoms with Gasteiger partial charge in [-0.3, -0.25) is 4.79 Å². The number of carbonyl (C=O) groups excluding carboxylic acids is 1. The normalized spacial score (nSPS) is 10.5. The van der Waals surface area contributed by atoms with E-state index in [9.17, 15) is 4.79 Å². The van der Waals surface area contributed by atoms with Crippen molar-refractivity contribution in [2.45, 2.75) is 19.3 Å². The lowest BCUT2D eigenvalue weighted by Crippen LogP contribution is -2.00. The molecular weight excluding hydrogens is 302 g/mol. The van der Waals surface area contributed by atoms with Gasteiger partial charge in [0.15, 0.2) is 0 Å². The maximum atomic E-state index is 11.3. The summed E-state index contributed by atoms with van der Waals surface area (Å²) in [4.78, 5) is 11.3. The molecule has 0 amide bonds. The van der Waals surface area contributed by atoms with Crippen LogP contribution in [0.25, 0.3) is 22.1 Å². The van der Waals surface area contributed by atoms with Gasteiger partial charge in [-0.2, -0.15) is 5.26 Å². The van der Waals surface area contributed by atoms with Gasteiger partial charge in [0.05, 0.1) is 18.7 Å². The number of para-hydroxylation sites is 1. The lowest BCUT2D eigenvalue weighted by molar-refractivity contribution is -0.140. The molecule has 0 saturated carbocycles. The number of methoxy groups -OCH3 is 1. The molecule has 0 spiro atoms. The van der Waals surface area contributed by atoms with Crippen molar-refractivity contribution in [3.8, 4) is 17.2 Å². The number of nitrogens with zero attached hydrogens (tertiary/aromatic N) is 1. The van der Waals surface area contributed by atoms with Crippen LogP contribution in [0.15, 0.2) is 52.9 Å². The van der Waals surface area contributed by atoms with E-state index in [0.717, 1.165) is 27.9 Å². The first-order valence-electron chi connectivity index (χ1n) is 7.80. The van der Waals surface area contributed by atoms with Crippen molar-refractivity contribution in [1.29, 1.82) is 5.26 Å². The number of hydrogen-bond donors (Lipinski definition) is 0. The van der Waals surface area contributed by atoms with Gasteiger partial charge in [0.2, 0.25) is 0 Å². The fraction of sp³-hybridized carbons (Fsp3) is 0.200. The zero-order valence-electron chi connectivity index (χ0n) is 13.4. The topological polar surface area (TPSA) is 63.2 Å². The van der Waals surface area contributed by atoms with Gasteiger partial charge in [0, 0.05) is 23.8 Å². The molecule has 1 heterocycles. The molecule has 0 unspecified atom stereocenters. The van der Waals surface area contributed by atoms with Gasteiger partial charge in [0.1, 0.15) is 11.3 Å². The number of hydrogen-bond acceptors (Lipinski definition) is 4. The Labute approximate surface area is 140 Å². The van der Waals surface area contributed by atoms with Gasteiger partial charge in [-0.25, -0.2) is 0 Å². The second-order valence-electron chi connectivity index (χ2n) is 5.52. The van der Waals surface area contributed by atoms with Gasteiger partial charge < -0.3 is 9.15 Å². The summed E-state index contributed by atoms with van der Waals surface area (Å²) >= 11 is 0. The fourth-order valence-electron chi connectivity index (χ4n) is 2.80. The molecule has 0 N–H and O–H groups in total. The molecule has 0 atom stereocenters. The molecule has 0 aliphatic heterocycles. The summed E-state index contributed by atoms with van der Waals surface area (Å²) in [6, 6.07) is 17.5. The van der Waals surface area contributed by atoms with Crippen LogP contribution in [0.3, 0.4) is 0 Å². The molecular formula is C20H17NO3. The van der Waals surface area contributed by atoms with Crippen LogP contribution in [0.1, 0.15) is 24.2 Å². The molecule has 24 heavy (non-hydrogen) atoms. The van der Waals surface area contributed by atoms with Crippen LogP contribution in [-0.4, -0.2) is 13.1 Å². The number of furan rings is 1. The number of fused-ring (bicyclic) bond motifs is 1. The van der Waals surface area contributed by atoms with Crippen LogP contribution in [-0.2, 0) is 16.0 Å². The first-order chi connectivity index (χ1) is 11.7. The molecule has 4 heteroatoms. The van der Waals surface area contributed by atoms with E-state index < -0.39 is 0 Å². The first-order valence-corrected chi connectivity index (χ1v) is 7.80. The molecule has 0 aliphatic carbocycles. The Morgan fingerprint density at radius 3 is 2.62 bits per heavy atom. The van der Waals surface area contributed by atoms with E-state index >= 15 is 0 Å². The number of ether oxygens (including phenoxy) is 1. The summed E-state index contributed by atoms with van der Waals surface area (Å²) in [6.07, 6.45) is 1.68. The van der Waals surface area contributed by atoms with Crippen molar-refractivity contribution in [1.82, 2.24) is 0 Å². The van der Waals surface area contributed by atoms with E-state index in [0.29, 0.717) is 24.8 Å². The van der Waals surface area contributed by atoms with Crippen LogP contribution in [0.4, 0.5) is 0 Å². The smallest absolute Gasteiger partial charge is 0.305 e. The summed E-state index contributed by atoms with van der Waals surface area (Å²) in [5, 5.41) is 10.0. The highest BCUT2D eigenvalue weighted by molar-refractivity contribution is 5.95. The lowest BCUT2D eigenvalue weighted by Gasteiger charge is -2.04. The Morgan fingerprint density at radius 1 is 1.17 bits per heavy atom. The van der Waals surface area contributed by atoms with E-state index in [4.69, 9.17) is 9.68 Å². The van der Waals surface area contributed by atoms with Crippen LogP contribution in [0.5, 0.6) is 0 Å². The molecule has 120 valence electrons. The second kappa shape index (κ2) is 7.01. The Bertz CT molecular complexity index is 901. The van der Waals surface area contributed by atoms with E-state index in [1.54, 1.807) is 12.1 Å². The third-order valence-electron chi connectivity index (χ3n) is 3.98. The predicted octanol–water partition coefficient (Wildman–Crippen LogP) is 4.47. The molecule has 3 rings (SSSR count). The van der Waals surface area contributed by atoms with Crippen molar-refractivity contribution in [3.63, 3.8) is 0 Å². The Morgan fingerprint density at radius 2 is 1.92 bits per heavy atom. The van der Waals surface area contributed by atoms with Crippen molar-refractivity contribution in [2.75, 3.05) is 7.11 Å². The van der Waals surface area contributed by atoms with Crippen molar-refractivity contribution in [3.05, 3.63) is 59.9 Å². The zero-order valence-corrected chi connectivity index (χ0v) is 13.4. The maximum Gasteiger partial charge on any atom is 0.305 e. The zero-order chi connectivity index (χ0) is 16.9. The predicted molar refractivity (Wildman–Crippen MR) is 91.3 cm³/mol. The summed E-state index contributed by atoms with van der Waals surface area (Å²) in [7, 11) is 1.39. The minimum absolute atomic E-state index is 0.217. The maximum absolute atomic E-state index is 11.3. The van der Waals surface area contributed by atoms with Crippen LogP contribution < -0.4 is 0 Å². The van der Waals surface area contributed by atoms with Gasteiger partial charge in [-0.1, -0.05) is 30.3 Å². The largest absolute Gasteiger partial charge is 0.469 e. The van der Waals surface area contributed by atoms with Crippen molar-refractivity contribution < 1.29 is 13.9 Å². The molecule has 0 fully saturated rings. The summed E-state index contributed by atoms with van der Waals surface area (Å²) < 4.78 is 10.7. The standard InChI is InChI=1S/C20H17NO3/c1-23-19(22)8-4-7-18-20(15-11-9-14(13-21)10-12-15)16-5-2-3-6-17(16)24-18/h2-3,5-6,9-12H,4,7-8H2,1H3. The molecule has 3 aromatic rings. The number of carbonyl (C=O) groups is 1. The summed E-state index contributed by atoms with van der Waals surface area (Å²) in [5.41, 5.74) is 3.48. The second-order valence-corrected chi connectivity index (χ2v) is 5.52. The van der Waals surface area contributed by atoms with Crippen molar-refractivity contribution >= 4 is 16.9 Å². The molecule has 0 saturated heterocycles. The monoisotopic (exact) mass is 319 g/mol. The summed E-state index contributed by atoms with van der Waals surface area (Å²) in [6.45, 7) is 0. The fourth-order valence-corrected chi connectivity index (χ4v) is 2.80. The highest BCUT2D eigenvalue weighted by Gasteiger charge is 2.16. The number of aryl methyl sites for hydroxylation is 1. The first kappa shape index (κ1) is 15.8. The minimum Gasteiger partial charge on any atom is -0.469 e. The molecule has 4 nitrogen and oxygen atoms in total. The van der Waals surface area contributed by atoms with Gasteiger partial charge in [0.25, 0.3) is 0 Å². The number of nitriles is 1. The molecule has 0 radical (unpaired) electrons. The highest BCUT2D eigenvalue weighted by atomic mass is 16.5. The lowest BCUT2D eigenvalue weighted by atomic mass is 9.99. The number of esters is 1. The number of rotatable bonds is 5. The molecule has 0 bridgehead atoms. The molecule has 2 aromatic carbocycles. The van der Waals surface area contributed by atoms with Crippen LogP contribution in [0, 0.1) is 11.3 Å². The SMILES string of the molecule is COC(=O)CCCc1oc2ccccc2c1-c1ccc(C#N)cc1. The molecule has 0 aliphatic rings. The van der Waals surface area contributed by atoms with E-state index in [1.165, 1.54) is 7.11 Å². The molecule has 1 aromatic heterocycles. The van der Waals surface area contributed by atoms with Crippen molar-refractivity contribution in [2.24, 2.45) is 0 Å². The summed E-state index contributed by atoms with van der Waals surface area (Å²) in [5.74, 6) is 0.635. The Balaban J connectivity index is 1.98. The number of benzene rings is 2. The average molecular weight is 319 g/mol. The minimum atomic E-state index is -0.217. The van der Waals surface area contributed by atoms with E-state index in [-0.39, 0.29) is 5.97 Å². The van der Waals surface area contributed by atoms with Gasteiger partial charge in [-0.05, 0) is 30.2 Å². The van der Waals surface area contributed by atoms with E-state index in [1.807, 2.05) is 36.4 Å². The highest BCUT2D eigenvalue weighted by Crippen LogP contribution is 2.35. The van der Waals surface area contributed by atoms with Crippen LogP contribution >= 0.6 is 0 Å². The Hall–Kier alpha value is -3.06. The van der Waals surface area contributed by atoms with Gasteiger partial charge in [-0.15, -0.1) is 0 Å². The average Bonchev–Trinajstić information content (AvgIpc) is 2.99. The third-order valence-corrected chi connectivity index (χ3v) is 3.98. The quantitative estimate of drug-likeness (QED) is 0.651. The third kappa shape index (κ3) is 3.16.